The van der Waals surface area contributed by atoms with Gasteiger partial charge in [-0.3, -0.25) is 4.79 Å². The Hall–Kier alpha value is -2.34. The molecule has 2 rings (SSSR count). The van der Waals surface area contributed by atoms with E-state index in [2.05, 4.69) is 5.32 Å². The summed E-state index contributed by atoms with van der Waals surface area (Å²) in [6.45, 7) is 6.15. The first kappa shape index (κ1) is 17.0. The molecule has 0 fully saturated rings. The van der Waals surface area contributed by atoms with E-state index in [1.54, 1.807) is 6.07 Å². The minimum Gasteiger partial charge on any atom is -0.483 e. The molecule has 0 atom stereocenters. The van der Waals surface area contributed by atoms with Crippen LogP contribution in [0.25, 0.3) is 0 Å². The average molecular weight is 333 g/mol. The third kappa shape index (κ3) is 4.56. The molecule has 0 aliphatic rings. The molecule has 23 heavy (non-hydrogen) atoms. The summed E-state index contributed by atoms with van der Waals surface area (Å²) in [7, 11) is 0. The summed E-state index contributed by atoms with van der Waals surface area (Å²) in [4.78, 5) is 23.7. The van der Waals surface area contributed by atoms with Crippen LogP contribution in [0.4, 0.5) is 0 Å². The third-order valence-electron chi connectivity index (χ3n) is 3.28. The highest BCUT2D eigenvalue weighted by atomic mass is 32.1. The molecule has 0 saturated heterocycles. The number of hydrogen-bond acceptors (Lipinski definition) is 4. The number of carbonyl (C=O) groups is 2. The van der Waals surface area contributed by atoms with Crippen LogP contribution in [0, 0.1) is 20.8 Å². The molecule has 2 N–H and O–H groups in total. The van der Waals surface area contributed by atoms with Crippen molar-refractivity contribution >= 4 is 23.2 Å². The van der Waals surface area contributed by atoms with E-state index >= 15 is 0 Å². The Kier molecular flexibility index (Phi) is 5.39. The van der Waals surface area contributed by atoms with E-state index in [4.69, 9.17) is 9.84 Å². The van der Waals surface area contributed by atoms with E-state index in [0.29, 0.717) is 6.54 Å². The summed E-state index contributed by atoms with van der Waals surface area (Å²) in [5, 5.41) is 11.6. The van der Waals surface area contributed by atoms with Gasteiger partial charge in [0.15, 0.2) is 6.61 Å². The molecule has 1 aromatic carbocycles. The average Bonchev–Trinajstić information content (AvgIpc) is 2.93. The number of aryl methyl sites for hydroxylation is 3. The molecule has 0 aliphatic heterocycles. The van der Waals surface area contributed by atoms with Crippen molar-refractivity contribution in [1.29, 1.82) is 0 Å². The highest BCUT2D eigenvalue weighted by Crippen LogP contribution is 2.24. The number of rotatable bonds is 6. The van der Waals surface area contributed by atoms with E-state index in [1.807, 2.05) is 32.9 Å². The Morgan fingerprint density at radius 1 is 1.17 bits per heavy atom. The molecule has 1 amide bonds. The Bertz CT molecular complexity index is 713. The topological polar surface area (TPSA) is 75.6 Å². The van der Waals surface area contributed by atoms with Crippen LogP contribution in [-0.4, -0.2) is 23.6 Å². The van der Waals surface area contributed by atoms with E-state index in [0.717, 1.165) is 38.7 Å². The molecular weight excluding hydrogens is 314 g/mol. The lowest BCUT2D eigenvalue weighted by Crippen LogP contribution is -2.28. The molecule has 0 bridgehead atoms. The summed E-state index contributed by atoms with van der Waals surface area (Å²) in [6.07, 6.45) is 0. The minimum atomic E-state index is -0.957. The lowest BCUT2D eigenvalue weighted by Gasteiger charge is -2.13. The maximum atomic E-state index is 11.9. The second-order valence-electron chi connectivity index (χ2n) is 5.36. The van der Waals surface area contributed by atoms with Gasteiger partial charge in [-0.15, -0.1) is 11.3 Å². The SMILES string of the molecule is Cc1cc(C)c(OCC(=O)NCc2ccc(C(=O)O)s2)c(C)c1. The fourth-order valence-electron chi connectivity index (χ4n) is 2.36. The number of benzene rings is 1. The van der Waals surface area contributed by atoms with Crippen molar-refractivity contribution in [1.82, 2.24) is 5.32 Å². The van der Waals surface area contributed by atoms with Gasteiger partial charge in [0.2, 0.25) is 0 Å². The summed E-state index contributed by atoms with van der Waals surface area (Å²) >= 11 is 1.15. The van der Waals surface area contributed by atoms with Crippen molar-refractivity contribution in [3.8, 4) is 5.75 Å². The lowest BCUT2D eigenvalue weighted by atomic mass is 10.1. The number of carboxylic acid groups (broad SMARTS) is 1. The van der Waals surface area contributed by atoms with Crippen LogP contribution in [0.3, 0.4) is 0 Å². The highest BCUT2D eigenvalue weighted by molar-refractivity contribution is 7.13. The molecule has 6 heteroatoms. The van der Waals surface area contributed by atoms with Crippen LogP contribution in [0.15, 0.2) is 24.3 Å². The van der Waals surface area contributed by atoms with Crippen molar-refractivity contribution in [3.05, 3.63) is 50.7 Å². The van der Waals surface area contributed by atoms with Crippen molar-refractivity contribution < 1.29 is 19.4 Å². The van der Waals surface area contributed by atoms with Gasteiger partial charge >= 0.3 is 5.97 Å². The van der Waals surface area contributed by atoms with Gasteiger partial charge in [0, 0.05) is 4.88 Å². The van der Waals surface area contributed by atoms with Gasteiger partial charge in [-0.05, 0) is 44.0 Å². The van der Waals surface area contributed by atoms with Crippen molar-refractivity contribution in [2.45, 2.75) is 27.3 Å². The Labute approximate surface area is 138 Å². The summed E-state index contributed by atoms with van der Waals surface area (Å²) < 4.78 is 5.61. The molecule has 0 radical (unpaired) electrons. The first-order valence-electron chi connectivity index (χ1n) is 7.16. The maximum absolute atomic E-state index is 11.9. The van der Waals surface area contributed by atoms with Crippen LogP contribution in [-0.2, 0) is 11.3 Å². The zero-order valence-electron chi connectivity index (χ0n) is 13.3. The number of hydrogen-bond donors (Lipinski definition) is 2. The fourth-order valence-corrected chi connectivity index (χ4v) is 3.14. The maximum Gasteiger partial charge on any atom is 0.345 e. The van der Waals surface area contributed by atoms with E-state index in [9.17, 15) is 9.59 Å². The number of ether oxygens (including phenoxy) is 1. The van der Waals surface area contributed by atoms with Crippen LogP contribution >= 0.6 is 11.3 Å². The second kappa shape index (κ2) is 7.28. The van der Waals surface area contributed by atoms with Crippen LogP contribution in [0.2, 0.25) is 0 Å². The predicted octanol–water partition coefficient (Wildman–Crippen LogP) is 3.07. The monoisotopic (exact) mass is 333 g/mol. The van der Waals surface area contributed by atoms with Crippen LogP contribution in [0.5, 0.6) is 5.75 Å². The first-order chi connectivity index (χ1) is 10.9. The Morgan fingerprint density at radius 2 is 1.83 bits per heavy atom. The molecule has 2 aromatic rings. The van der Waals surface area contributed by atoms with E-state index < -0.39 is 5.97 Å². The quantitative estimate of drug-likeness (QED) is 0.852. The molecule has 0 saturated carbocycles. The zero-order chi connectivity index (χ0) is 17.0. The number of nitrogens with one attached hydrogen (secondary N) is 1. The Morgan fingerprint density at radius 3 is 2.39 bits per heavy atom. The smallest absolute Gasteiger partial charge is 0.345 e. The fraction of sp³-hybridized carbons (Fsp3) is 0.294. The first-order valence-corrected chi connectivity index (χ1v) is 7.98. The minimum absolute atomic E-state index is 0.0676. The largest absolute Gasteiger partial charge is 0.483 e. The van der Waals surface area contributed by atoms with E-state index in [1.165, 1.54) is 6.07 Å². The standard InChI is InChI=1S/C17H19NO4S/c1-10-6-11(2)16(12(3)7-10)22-9-15(19)18-8-13-4-5-14(23-13)17(20)21/h4-7H,8-9H2,1-3H3,(H,18,19)(H,20,21). The van der Waals surface area contributed by atoms with Crippen LogP contribution < -0.4 is 10.1 Å². The summed E-state index contributed by atoms with van der Waals surface area (Å²) in [6, 6.07) is 7.26. The number of amides is 1. The van der Waals surface area contributed by atoms with Gasteiger partial charge < -0.3 is 15.2 Å². The highest BCUT2D eigenvalue weighted by Gasteiger charge is 2.10. The third-order valence-corrected chi connectivity index (χ3v) is 4.36. The summed E-state index contributed by atoms with van der Waals surface area (Å²) in [5.74, 6) is -0.467. The zero-order valence-corrected chi connectivity index (χ0v) is 14.1. The summed E-state index contributed by atoms with van der Waals surface area (Å²) in [5.41, 5.74) is 3.16. The van der Waals surface area contributed by atoms with Gasteiger partial charge in [0.05, 0.1) is 6.54 Å². The van der Waals surface area contributed by atoms with Gasteiger partial charge in [0.1, 0.15) is 10.6 Å². The van der Waals surface area contributed by atoms with Crippen molar-refractivity contribution in [2.75, 3.05) is 6.61 Å². The Balaban J connectivity index is 1.87. The van der Waals surface area contributed by atoms with Gasteiger partial charge in [0.25, 0.3) is 5.91 Å². The lowest BCUT2D eigenvalue weighted by molar-refractivity contribution is -0.123. The number of carbonyl (C=O) groups excluding carboxylic acids is 1. The molecule has 0 spiro atoms. The second-order valence-corrected chi connectivity index (χ2v) is 6.53. The molecule has 1 heterocycles. The van der Waals surface area contributed by atoms with Crippen LogP contribution in [0.1, 0.15) is 31.2 Å². The van der Waals surface area contributed by atoms with Crippen molar-refractivity contribution in [3.63, 3.8) is 0 Å². The molecule has 0 unspecified atom stereocenters. The molecule has 5 nitrogen and oxygen atoms in total. The van der Waals surface area contributed by atoms with E-state index in [-0.39, 0.29) is 17.4 Å². The van der Waals surface area contributed by atoms with Gasteiger partial charge in [-0.1, -0.05) is 17.7 Å². The number of carboxylic acids is 1. The molecule has 1 aromatic heterocycles. The number of thiophene rings is 1. The predicted molar refractivity (Wildman–Crippen MR) is 89.3 cm³/mol. The van der Waals surface area contributed by atoms with Gasteiger partial charge in [-0.25, -0.2) is 4.79 Å². The normalized spacial score (nSPS) is 10.4. The molecular formula is C17H19NO4S. The molecule has 122 valence electrons. The molecule has 0 aliphatic carbocycles. The van der Waals surface area contributed by atoms with Crippen molar-refractivity contribution in [2.24, 2.45) is 0 Å². The number of aromatic carboxylic acids is 1. The van der Waals surface area contributed by atoms with Gasteiger partial charge in [-0.2, -0.15) is 0 Å².